The van der Waals surface area contributed by atoms with Gasteiger partial charge >= 0.3 is 0 Å². The van der Waals surface area contributed by atoms with Crippen molar-refractivity contribution >= 4 is 0 Å². The fourth-order valence-electron chi connectivity index (χ4n) is 2.59. The Morgan fingerprint density at radius 1 is 1.18 bits per heavy atom. The summed E-state index contributed by atoms with van der Waals surface area (Å²) in [5, 5.41) is 0. The van der Waals surface area contributed by atoms with Crippen molar-refractivity contribution in [3.8, 4) is 11.4 Å². The first-order valence-electron chi connectivity index (χ1n) is 6.24. The van der Waals surface area contributed by atoms with E-state index in [1.807, 2.05) is 6.07 Å². The van der Waals surface area contributed by atoms with E-state index in [1.54, 1.807) is 0 Å². The minimum Gasteiger partial charge on any atom is -0.328 e. The van der Waals surface area contributed by atoms with Crippen LogP contribution in [0.1, 0.15) is 24.2 Å². The molecule has 2 aromatic rings. The predicted molar refractivity (Wildman–Crippen MR) is 68.5 cm³/mol. The lowest BCUT2D eigenvalue weighted by Gasteiger charge is -2.17. The number of rotatable bonds is 2. The quantitative estimate of drug-likeness (QED) is 0.855. The molecular formula is C14H17N3. The average molecular weight is 227 g/mol. The maximum absolute atomic E-state index is 5.79. The zero-order valence-electron chi connectivity index (χ0n) is 9.89. The van der Waals surface area contributed by atoms with Gasteiger partial charge in [0.2, 0.25) is 0 Å². The van der Waals surface area contributed by atoms with E-state index in [0.717, 1.165) is 24.5 Å². The molecule has 0 radical (unpaired) electrons. The summed E-state index contributed by atoms with van der Waals surface area (Å²) in [6.07, 6.45) is 3.62. The van der Waals surface area contributed by atoms with Crippen LogP contribution in [0.15, 0.2) is 30.3 Å². The maximum atomic E-state index is 5.79. The van der Waals surface area contributed by atoms with Crippen molar-refractivity contribution in [3.63, 3.8) is 0 Å². The second kappa shape index (κ2) is 4.34. The van der Waals surface area contributed by atoms with E-state index in [1.165, 1.54) is 24.1 Å². The molecule has 3 nitrogen and oxygen atoms in total. The van der Waals surface area contributed by atoms with Crippen molar-refractivity contribution in [2.45, 2.75) is 32.4 Å². The molecule has 0 unspecified atom stereocenters. The zero-order chi connectivity index (χ0) is 11.7. The number of hydrogen-bond acceptors (Lipinski definition) is 2. The summed E-state index contributed by atoms with van der Waals surface area (Å²) >= 11 is 0. The van der Waals surface area contributed by atoms with E-state index in [2.05, 4.69) is 28.8 Å². The number of fused-ring (bicyclic) bond motifs is 1. The van der Waals surface area contributed by atoms with Gasteiger partial charge in [-0.3, -0.25) is 0 Å². The van der Waals surface area contributed by atoms with Gasteiger partial charge in [-0.25, -0.2) is 4.98 Å². The number of imidazole rings is 1. The summed E-state index contributed by atoms with van der Waals surface area (Å²) in [6, 6.07) is 10.4. The summed E-state index contributed by atoms with van der Waals surface area (Å²) < 4.78 is 2.35. The van der Waals surface area contributed by atoms with Gasteiger partial charge in [0.1, 0.15) is 5.82 Å². The highest BCUT2D eigenvalue weighted by Gasteiger charge is 2.19. The highest BCUT2D eigenvalue weighted by molar-refractivity contribution is 5.57. The van der Waals surface area contributed by atoms with Gasteiger partial charge in [0, 0.05) is 24.3 Å². The van der Waals surface area contributed by atoms with Gasteiger partial charge < -0.3 is 10.3 Å². The molecule has 1 aromatic heterocycles. The van der Waals surface area contributed by atoms with Gasteiger partial charge in [0.15, 0.2) is 0 Å². The molecule has 17 heavy (non-hydrogen) atoms. The van der Waals surface area contributed by atoms with Crippen LogP contribution in [0.3, 0.4) is 0 Å². The normalized spacial score (nSPS) is 14.6. The molecular weight excluding hydrogens is 210 g/mol. The SMILES string of the molecule is NCc1nc(-c2ccccc2)n2c1CCCC2. The first kappa shape index (κ1) is 10.5. The third-order valence-corrected chi connectivity index (χ3v) is 3.43. The maximum Gasteiger partial charge on any atom is 0.140 e. The Morgan fingerprint density at radius 3 is 2.76 bits per heavy atom. The van der Waals surface area contributed by atoms with E-state index in [0.29, 0.717) is 6.54 Å². The highest BCUT2D eigenvalue weighted by Crippen LogP contribution is 2.27. The first-order chi connectivity index (χ1) is 8.40. The molecule has 1 aliphatic heterocycles. The summed E-state index contributed by atoms with van der Waals surface area (Å²) in [5.74, 6) is 1.08. The van der Waals surface area contributed by atoms with Crippen molar-refractivity contribution in [1.82, 2.24) is 9.55 Å². The Balaban J connectivity index is 2.14. The summed E-state index contributed by atoms with van der Waals surface area (Å²) in [7, 11) is 0. The molecule has 0 amide bonds. The molecule has 0 aliphatic carbocycles. The van der Waals surface area contributed by atoms with Crippen LogP contribution in [0.5, 0.6) is 0 Å². The van der Waals surface area contributed by atoms with Crippen LogP contribution in [0.25, 0.3) is 11.4 Å². The molecule has 3 heteroatoms. The van der Waals surface area contributed by atoms with E-state index in [-0.39, 0.29) is 0 Å². The molecule has 0 bridgehead atoms. The fraction of sp³-hybridized carbons (Fsp3) is 0.357. The lowest BCUT2D eigenvalue weighted by Crippen LogP contribution is -2.12. The van der Waals surface area contributed by atoms with E-state index < -0.39 is 0 Å². The van der Waals surface area contributed by atoms with E-state index in [9.17, 15) is 0 Å². The molecule has 88 valence electrons. The number of nitrogens with zero attached hydrogens (tertiary/aromatic N) is 2. The summed E-state index contributed by atoms with van der Waals surface area (Å²) in [4.78, 5) is 4.72. The van der Waals surface area contributed by atoms with Crippen molar-refractivity contribution < 1.29 is 0 Å². The zero-order valence-corrected chi connectivity index (χ0v) is 9.89. The van der Waals surface area contributed by atoms with E-state index in [4.69, 9.17) is 10.7 Å². The smallest absolute Gasteiger partial charge is 0.140 e. The minimum atomic E-state index is 0.544. The largest absolute Gasteiger partial charge is 0.328 e. The van der Waals surface area contributed by atoms with Crippen LogP contribution < -0.4 is 5.73 Å². The molecule has 1 aromatic carbocycles. The molecule has 2 heterocycles. The van der Waals surface area contributed by atoms with Gasteiger partial charge in [0.25, 0.3) is 0 Å². The topological polar surface area (TPSA) is 43.8 Å². The van der Waals surface area contributed by atoms with Crippen molar-refractivity contribution in [3.05, 3.63) is 41.7 Å². The van der Waals surface area contributed by atoms with Crippen LogP contribution in [-0.4, -0.2) is 9.55 Å². The summed E-state index contributed by atoms with van der Waals surface area (Å²) in [5.41, 5.74) is 9.40. The van der Waals surface area contributed by atoms with Crippen molar-refractivity contribution in [1.29, 1.82) is 0 Å². The third-order valence-electron chi connectivity index (χ3n) is 3.43. The van der Waals surface area contributed by atoms with Crippen molar-refractivity contribution in [2.24, 2.45) is 5.73 Å². The molecule has 0 fully saturated rings. The standard InChI is InChI=1S/C14H17N3/c15-10-12-13-8-4-5-9-17(13)14(16-12)11-6-2-1-3-7-11/h1-3,6-7H,4-5,8-10,15H2. The third kappa shape index (κ3) is 1.76. The van der Waals surface area contributed by atoms with Crippen LogP contribution in [0.4, 0.5) is 0 Å². The Labute approximate surface area is 101 Å². The van der Waals surface area contributed by atoms with Crippen LogP contribution in [-0.2, 0) is 19.5 Å². The van der Waals surface area contributed by atoms with Crippen LogP contribution in [0, 0.1) is 0 Å². The Morgan fingerprint density at radius 2 is 2.00 bits per heavy atom. The average Bonchev–Trinajstić information content (AvgIpc) is 2.78. The Bertz CT molecular complexity index is 514. The Hall–Kier alpha value is -1.61. The first-order valence-corrected chi connectivity index (χ1v) is 6.24. The van der Waals surface area contributed by atoms with Gasteiger partial charge in [-0.05, 0) is 19.3 Å². The lowest BCUT2D eigenvalue weighted by atomic mass is 10.1. The minimum absolute atomic E-state index is 0.544. The fourth-order valence-corrected chi connectivity index (χ4v) is 2.59. The second-order valence-corrected chi connectivity index (χ2v) is 4.51. The van der Waals surface area contributed by atoms with Gasteiger partial charge in [-0.1, -0.05) is 30.3 Å². The van der Waals surface area contributed by atoms with Crippen LogP contribution >= 0.6 is 0 Å². The highest BCUT2D eigenvalue weighted by atomic mass is 15.1. The van der Waals surface area contributed by atoms with E-state index >= 15 is 0 Å². The number of hydrogen-bond donors (Lipinski definition) is 1. The molecule has 2 N–H and O–H groups in total. The molecule has 1 aliphatic rings. The number of aromatic nitrogens is 2. The lowest BCUT2D eigenvalue weighted by molar-refractivity contribution is 0.533. The molecule has 3 rings (SSSR count). The predicted octanol–water partition coefficient (Wildman–Crippen LogP) is 2.35. The molecule has 0 saturated carbocycles. The van der Waals surface area contributed by atoms with Crippen molar-refractivity contribution in [2.75, 3.05) is 0 Å². The Kier molecular flexibility index (Phi) is 2.69. The molecule has 0 spiro atoms. The summed E-state index contributed by atoms with van der Waals surface area (Å²) in [6.45, 7) is 1.62. The van der Waals surface area contributed by atoms with Gasteiger partial charge in [-0.2, -0.15) is 0 Å². The number of nitrogens with two attached hydrogens (primary N) is 1. The van der Waals surface area contributed by atoms with Crippen LogP contribution in [0.2, 0.25) is 0 Å². The monoisotopic (exact) mass is 227 g/mol. The van der Waals surface area contributed by atoms with Gasteiger partial charge in [-0.15, -0.1) is 0 Å². The molecule has 0 saturated heterocycles. The molecule has 0 atom stereocenters. The number of benzene rings is 1. The van der Waals surface area contributed by atoms with Gasteiger partial charge in [0.05, 0.1) is 5.69 Å². The second-order valence-electron chi connectivity index (χ2n) is 4.51.